The fraction of sp³-hybridized carbons (Fsp3) is 0.100. The number of nitrogens with two attached hydrogens (primary N) is 1. The predicted molar refractivity (Wildman–Crippen MR) is 51.6 cm³/mol. The summed E-state index contributed by atoms with van der Waals surface area (Å²) in [7, 11) is 0. The van der Waals surface area contributed by atoms with Gasteiger partial charge in [0, 0.05) is 0 Å². The normalized spacial score (nSPS) is 11.9. The van der Waals surface area contributed by atoms with Crippen LogP contribution in [0, 0.1) is 5.41 Å². The molecule has 0 radical (unpaired) electrons. The van der Waals surface area contributed by atoms with E-state index in [9.17, 15) is 13.2 Å². The predicted octanol–water partition coefficient (Wildman–Crippen LogP) is 2.55. The Morgan fingerprint density at radius 1 is 1.20 bits per heavy atom. The highest BCUT2D eigenvalue weighted by atomic mass is 19.4. The molecule has 0 saturated carbocycles. The Hall–Kier alpha value is -1.78. The van der Waals surface area contributed by atoms with Gasteiger partial charge < -0.3 is 11.1 Å². The monoisotopic (exact) mass is 214 g/mol. The largest absolute Gasteiger partial charge is 0.416 e. The van der Waals surface area contributed by atoms with E-state index in [2.05, 4.69) is 0 Å². The Kier molecular flexibility index (Phi) is 3.14. The van der Waals surface area contributed by atoms with Crippen molar-refractivity contribution in [2.24, 2.45) is 5.73 Å². The number of halogens is 3. The molecule has 0 fully saturated rings. The van der Waals surface area contributed by atoms with Gasteiger partial charge in [-0.3, -0.25) is 0 Å². The van der Waals surface area contributed by atoms with Gasteiger partial charge in [0.2, 0.25) is 0 Å². The number of benzene rings is 1. The van der Waals surface area contributed by atoms with E-state index in [-0.39, 0.29) is 5.71 Å². The highest BCUT2D eigenvalue weighted by Crippen LogP contribution is 2.29. The molecule has 1 rings (SSSR count). The fourth-order valence-electron chi connectivity index (χ4n) is 1.03. The molecule has 1 aromatic rings. The van der Waals surface area contributed by atoms with Gasteiger partial charge in [-0.2, -0.15) is 13.2 Å². The van der Waals surface area contributed by atoms with Gasteiger partial charge in [0.15, 0.2) is 0 Å². The molecule has 0 heterocycles. The molecule has 0 aliphatic heterocycles. The van der Waals surface area contributed by atoms with Crippen molar-refractivity contribution >= 4 is 5.71 Å². The highest BCUT2D eigenvalue weighted by Gasteiger charge is 2.29. The molecular weight excluding hydrogens is 205 g/mol. The van der Waals surface area contributed by atoms with E-state index in [4.69, 9.17) is 11.1 Å². The third-order valence-electron chi connectivity index (χ3n) is 1.79. The molecule has 0 spiro atoms. The topological polar surface area (TPSA) is 49.9 Å². The Labute approximate surface area is 84.7 Å². The first-order chi connectivity index (χ1) is 6.95. The lowest BCUT2D eigenvalue weighted by molar-refractivity contribution is -0.137. The van der Waals surface area contributed by atoms with Gasteiger partial charge in [0.05, 0.1) is 11.3 Å². The summed E-state index contributed by atoms with van der Waals surface area (Å²) in [6, 6.07) is 4.36. The van der Waals surface area contributed by atoms with E-state index in [1.54, 1.807) is 0 Å². The van der Waals surface area contributed by atoms with Crippen LogP contribution in [0.3, 0.4) is 0 Å². The molecule has 0 amide bonds. The fourth-order valence-corrected chi connectivity index (χ4v) is 1.03. The second-order valence-corrected chi connectivity index (χ2v) is 2.85. The Morgan fingerprint density at radius 2 is 1.73 bits per heavy atom. The van der Waals surface area contributed by atoms with Crippen LogP contribution >= 0.6 is 0 Å². The molecule has 0 bridgehead atoms. The lowest BCUT2D eigenvalue weighted by Gasteiger charge is -2.06. The van der Waals surface area contributed by atoms with Crippen LogP contribution in [0.1, 0.15) is 11.1 Å². The number of rotatable bonds is 2. The summed E-state index contributed by atoms with van der Waals surface area (Å²) in [5, 5.41) is 7.41. The minimum atomic E-state index is -4.34. The maximum atomic E-state index is 12.2. The van der Waals surface area contributed by atoms with Gasteiger partial charge in [-0.1, -0.05) is 12.1 Å². The first-order valence-corrected chi connectivity index (χ1v) is 4.09. The number of alkyl halides is 3. The van der Waals surface area contributed by atoms with Crippen molar-refractivity contribution in [1.29, 1.82) is 5.41 Å². The minimum absolute atomic E-state index is 0.0752. The molecule has 5 heteroatoms. The van der Waals surface area contributed by atoms with E-state index < -0.39 is 11.7 Å². The van der Waals surface area contributed by atoms with E-state index in [0.717, 1.165) is 12.1 Å². The number of hydrogen-bond acceptors (Lipinski definition) is 2. The summed E-state index contributed by atoms with van der Waals surface area (Å²) < 4.78 is 36.5. The summed E-state index contributed by atoms with van der Waals surface area (Å²) >= 11 is 0. The molecule has 0 aromatic heterocycles. The van der Waals surface area contributed by atoms with Crippen molar-refractivity contribution in [3.05, 3.63) is 47.7 Å². The minimum Gasteiger partial charge on any atom is -0.405 e. The van der Waals surface area contributed by atoms with Crippen molar-refractivity contribution in [1.82, 2.24) is 0 Å². The van der Waals surface area contributed by atoms with Crippen molar-refractivity contribution < 1.29 is 13.2 Å². The van der Waals surface area contributed by atoms with Crippen molar-refractivity contribution in [2.75, 3.05) is 0 Å². The molecule has 0 saturated heterocycles. The Morgan fingerprint density at radius 3 is 2.13 bits per heavy atom. The van der Waals surface area contributed by atoms with Crippen LogP contribution in [0.5, 0.6) is 0 Å². The van der Waals surface area contributed by atoms with Gasteiger partial charge in [-0.15, -0.1) is 0 Å². The van der Waals surface area contributed by atoms with Crippen molar-refractivity contribution in [2.45, 2.75) is 6.18 Å². The van der Waals surface area contributed by atoms with Gasteiger partial charge in [0.25, 0.3) is 0 Å². The van der Waals surface area contributed by atoms with E-state index in [1.165, 1.54) is 24.4 Å². The Balaban J connectivity index is 2.95. The Bertz CT molecular complexity index is 377. The van der Waals surface area contributed by atoms with Crippen molar-refractivity contribution in [3.63, 3.8) is 0 Å². The summed E-state index contributed by atoms with van der Waals surface area (Å²) in [6.07, 6.45) is -1.87. The first kappa shape index (κ1) is 11.3. The van der Waals surface area contributed by atoms with Crippen LogP contribution < -0.4 is 5.73 Å². The van der Waals surface area contributed by atoms with Crippen LogP contribution in [0.15, 0.2) is 36.5 Å². The number of allylic oxidation sites excluding steroid dienone is 1. The molecular formula is C10H9F3N2. The lowest BCUT2D eigenvalue weighted by atomic mass is 10.1. The molecule has 0 unspecified atom stereocenters. The average Bonchev–Trinajstić information content (AvgIpc) is 2.17. The van der Waals surface area contributed by atoms with E-state index in [1.807, 2.05) is 0 Å². The molecule has 15 heavy (non-hydrogen) atoms. The van der Waals surface area contributed by atoms with Crippen molar-refractivity contribution in [3.8, 4) is 0 Å². The number of nitrogens with one attached hydrogen (secondary N) is 1. The maximum Gasteiger partial charge on any atom is 0.416 e. The second kappa shape index (κ2) is 4.16. The lowest BCUT2D eigenvalue weighted by Crippen LogP contribution is -2.05. The number of hydrogen-bond donors (Lipinski definition) is 2. The SMILES string of the molecule is N=C(/C=C\N)c1ccc(C(F)(F)F)cc1. The third kappa shape index (κ3) is 2.83. The van der Waals surface area contributed by atoms with Crippen LogP contribution in [-0.2, 0) is 6.18 Å². The van der Waals surface area contributed by atoms with Gasteiger partial charge in [-0.05, 0) is 30.0 Å². The van der Waals surface area contributed by atoms with E-state index >= 15 is 0 Å². The maximum absolute atomic E-state index is 12.2. The van der Waals surface area contributed by atoms with Crippen LogP contribution in [0.4, 0.5) is 13.2 Å². The van der Waals surface area contributed by atoms with E-state index in [0.29, 0.717) is 5.56 Å². The van der Waals surface area contributed by atoms with Gasteiger partial charge in [-0.25, -0.2) is 0 Å². The standard InChI is InChI=1S/C10H9F3N2/c11-10(12,13)8-3-1-7(2-4-8)9(15)5-6-14/h1-6,15H,14H2/b6-5-,15-9?. The van der Waals surface area contributed by atoms with Gasteiger partial charge in [0.1, 0.15) is 0 Å². The zero-order valence-electron chi connectivity index (χ0n) is 7.68. The smallest absolute Gasteiger partial charge is 0.405 e. The molecule has 0 aliphatic rings. The highest BCUT2D eigenvalue weighted by molar-refractivity contribution is 6.06. The first-order valence-electron chi connectivity index (χ1n) is 4.09. The summed E-state index contributed by atoms with van der Waals surface area (Å²) in [5.41, 5.74) is 4.81. The zero-order valence-corrected chi connectivity index (χ0v) is 7.68. The van der Waals surface area contributed by atoms with Gasteiger partial charge >= 0.3 is 6.18 Å². The van der Waals surface area contributed by atoms with Crippen LogP contribution in [0.25, 0.3) is 0 Å². The molecule has 2 nitrogen and oxygen atoms in total. The molecule has 0 atom stereocenters. The molecule has 0 aliphatic carbocycles. The zero-order chi connectivity index (χ0) is 11.5. The second-order valence-electron chi connectivity index (χ2n) is 2.85. The summed E-state index contributed by atoms with van der Waals surface area (Å²) in [4.78, 5) is 0. The quantitative estimate of drug-likeness (QED) is 0.730. The van der Waals surface area contributed by atoms with Crippen LogP contribution in [0.2, 0.25) is 0 Å². The summed E-state index contributed by atoms with van der Waals surface area (Å²) in [5.74, 6) is 0. The molecule has 3 N–H and O–H groups in total. The average molecular weight is 214 g/mol. The summed E-state index contributed by atoms with van der Waals surface area (Å²) in [6.45, 7) is 0. The third-order valence-corrected chi connectivity index (χ3v) is 1.79. The van der Waals surface area contributed by atoms with Crippen LogP contribution in [-0.4, -0.2) is 5.71 Å². The molecule has 1 aromatic carbocycles. The molecule has 80 valence electrons.